The standard InChI is InChI=1S/C19H20N4O/c1-13-12-23-17(11-21-13)18(14-7-9-20-10-8-14)19(22-23)15-3-5-16(24-2)6-4-15/h3-10,13,21H,11-12H2,1-2H3/t13-/m1/s1. The molecule has 0 spiro atoms. The summed E-state index contributed by atoms with van der Waals surface area (Å²) >= 11 is 0. The van der Waals surface area contributed by atoms with E-state index in [4.69, 9.17) is 9.84 Å². The average molecular weight is 320 g/mol. The molecule has 5 heteroatoms. The summed E-state index contributed by atoms with van der Waals surface area (Å²) in [6, 6.07) is 12.6. The third-order valence-electron chi connectivity index (χ3n) is 4.45. The number of fused-ring (bicyclic) bond motifs is 1. The van der Waals surface area contributed by atoms with Crippen molar-refractivity contribution in [3.8, 4) is 28.1 Å². The molecule has 0 saturated heterocycles. The van der Waals surface area contributed by atoms with Crippen LogP contribution in [-0.4, -0.2) is 27.9 Å². The maximum Gasteiger partial charge on any atom is 0.118 e. The Morgan fingerprint density at radius 1 is 1.08 bits per heavy atom. The average Bonchev–Trinajstić information content (AvgIpc) is 3.01. The minimum Gasteiger partial charge on any atom is -0.497 e. The molecule has 4 rings (SSSR count). The van der Waals surface area contributed by atoms with E-state index in [9.17, 15) is 0 Å². The molecule has 122 valence electrons. The molecular formula is C19H20N4O. The molecule has 0 bridgehead atoms. The lowest BCUT2D eigenvalue weighted by atomic mass is 9.99. The Hall–Kier alpha value is -2.66. The molecule has 0 unspecified atom stereocenters. The second-order valence-corrected chi connectivity index (χ2v) is 6.10. The molecule has 0 fully saturated rings. The number of pyridine rings is 1. The van der Waals surface area contributed by atoms with Gasteiger partial charge in [-0.2, -0.15) is 5.10 Å². The zero-order valence-electron chi connectivity index (χ0n) is 13.9. The van der Waals surface area contributed by atoms with Gasteiger partial charge in [-0.3, -0.25) is 9.67 Å². The van der Waals surface area contributed by atoms with Gasteiger partial charge in [0.1, 0.15) is 11.4 Å². The summed E-state index contributed by atoms with van der Waals surface area (Å²) in [7, 11) is 1.68. The van der Waals surface area contributed by atoms with Crippen molar-refractivity contribution in [2.24, 2.45) is 0 Å². The summed E-state index contributed by atoms with van der Waals surface area (Å²) in [6.07, 6.45) is 3.66. The number of rotatable bonds is 3. The summed E-state index contributed by atoms with van der Waals surface area (Å²) < 4.78 is 7.41. The lowest BCUT2D eigenvalue weighted by Crippen LogP contribution is -2.36. The van der Waals surface area contributed by atoms with E-state index in [1.54, 1.807) is 7.11 Å². The number of methoxy groups -OCH3 is 1. The van der Waals surface area contributed by atoms with Crippen molar-refractivity contribution in [2.45, 2.75) is 26.1 Å². The monoisotopic (exact) mass is 320 g/mol. The number of nitrogens with one attached hydrogen (secondary N) is 1. The van der Waals surface area contributed by atoms with Crippen LogP contribution in [0.4, 0.5) is 0 Å². The summed E-state index contributed by atoms with van der Waals surface area (Å²) in [6.45, 7) is 3.88. The first kappa shape index (κ1) is 14.9. The Balaban J connectivity index is 1.89. The SMILES string of the molecule is COc1ccc(-c2nn3c(c2-c2ccncc2)CN[C@H](C)C3)cc1. The maximum atomic E-state index is 5.27. The molecule has 1 aliphatic heterocycles. The molecule has 3 aromatic rings. The second kappa shape index (κ2) is 6.09. The van der Waals surface area contributed by atoms with Gasteiger partial charge in [0.2, 0.25) is 0 Å². The largest absolute Gasteiger partial charge is 0.497 e. The molecule has 24 heavy (non-hydrogen) atoms. The summed E-state index contributed by atoms with van der Waals surface area (Å²) in [4.78, 5) is 4.15. The minimum atomic E-state index is 0.423. The van der Waals surface area contributed by atoms with Gasteiger partial charge in [0.25, 0.3) is 0 Å². The molecule has 1 atom stereocenters. The fourth-order valence-corrected chi connectivity index (χ4v) is 3.20. The third-order valence-corrected chi connectivity index (χ3v) is 4.45. The topological polar surface area (TPSA) is 52.0 Å². The van der Waals surface area contributed by atoms with Gasteiger partial charge in [-0.1, -0.05) is 0 Å². The smallest absolute Gasteiger partial charge is 0.118 e. The van der Waals surface area contributed by atoms with Gasteiger partial charge >= 0.3 is 0 Å². The molecule has 2 aromatic heterocycles. The molecule has 0 radical (unpaired) electrons. The van der Waals surface area contributed by atoms with Crippen LogP contribution in [0, 0.1) is 0 Å². The zero-order valence-corrected chi connectivity index (χ0v) is 13.9. The summed E-state index contributed by atoms with van der Waals surface area (Å²) in [5, 5.41) is 8.45. The van der Waals surface area contributed by atoms with Crippen molar-refractivity contribution in [3.05, 3.63) is 54.5 Å². The van der Waals surface area contributed by atoms with Crippen molar-refractivity contribution in [3.63, 3.8) is 0 Å². The maximum absolute atomic E-state index is 5.27. The Bertz CT molecular complexity index is 840. The first-order valence-electron chi connectivity index (χ1n) is 8.14. The van der Waals surface area contributed by atoms with Crippen LogP contribution in [0.3, 0.4) is 0 Å². The molecule has 1 aliphatic rings. The first-order chi connectivity index (χ1) is 11.8. The van der Waals surface area contributed by atoms with E-state index >= 15 is 0 Å². The van der Waals surface area contributed by atoms with Gasteiger partial charge in [0.15, 0.2) is 0 Å². The van der Waals surface area contributed by atoms with E-state index in [0.29, 0.717) is 6.04 Å². The zero-order chi connectivity index (χ0) is 16.5. The number of hydrogen-bond donors (Lipinski definition) is 1. The molecule has 5 nitrogen and oxygen atoms in total. The predicted molar refractivity (Wildman–Crippen MR) is 93.7 cm³/mol. The molecule has 0 amide bonds. The normalized spacial score (nSPS) is 16.7. The van der Waals surface area contributed by atoms with Crippen LogP contribution < -0.4 is 10.1 Å². The fourth-order valence-electron chi connectivity index (χ4n) is 3.20. The van der Waals surface area contributed by atoms with Crippen LogP contribution in [0.2, 0.25) is 0 Å². The highest BCUT2D eigenvalue weighted by Crippen LogP contribution is 2.36. The molecular weight excluding hydrogens is 300 g/mol. The van der Waals surface area contributed by atoms with Gasteiger partial charge in [0.05, 0.1) is 19.3 Å². The van der Waals surface area contributed by atoms with Crippen molar-refractivity contribution in [1.82, 2.24) is 20.1 Å². The number of nitrogens with zero attached hydrogens (tertiary/aromatic N) is 3. The van der Waals surface area contributed by atoms with Crippen LogP contribution in [0.1, 0.15) is 12.6 Å². The van der Waals surface area contributed by atoms with E-state index in [0.717, 1.165) is 35.7 Å². The Labute approximate surface area is 141 Å². The van der Waals surface area contributed by atoms with Crippen LogP contribution in [0.15, 0.2) is 48.8 Å². The molecule has 1 N–H and O–H groups in total. The van der Waals surface area contributed by atoms with E-state index in [2.05, 4.69) is 34.0 Å². The van der Waals surface area contributed by atoms with Gasteiger partial charge in [-0.05, 0) is 48.9 Å². The van der Waals surface area contributed by atoms with Crippen LogP contribution >= 0.6 is 0 Å². The van der Waals surface area contributed by atoms with Gasteiger partial charge < -0.3 is 10.1 Å². The number of ether oxygens (including phenoxy) is 1. The number of benzene rings is 1. The summed E-state index contributed by atoms with van der Waals surface area (Å²) in [5.41, 5.74) is 5.66. The molecule has 3 heterocycles. The van der Waals surface area contributed by atoms with E-state index in [-0.39, 0.29) is 0 Å². The lowest BCUT2D eigenvalue weighted by Gasteiger charge is -2.22. The Morgan fingerprint density at radius 3 is 2.54 bits per heavy atom. The van der Waals surface area contributed by atoms with Gasteiger partial charge in [-0.15, -0.1) is 0 Å². The van der Waals surface area contributed by atoms with Crippen LogP contribution in [0.5, 0.6) is 5.75 Å². The molecule has 0 aliphatic carbocycles. The highest BCUT2D eigenvalue weighted by Gasteiger charge is 2.24. The lowest BCUT2D eigenvalue weighted by molar-refractivity contribution is 0.390. The van der Waals surface area contributed by atoms with E-state index in [1.807, 2.05) is 36.7 Å². The van der Waals surface area contributed by atoms with Gasteiger partial charge in [0, 0.05) is 36.1 Å². The van der Waals surface area contributed by atoms with Crippen LogP contribution in [-0.2, 0) is 13.1 Å². The molecule has 1 aromatic carbocycles. The van der Waals surface area contributed by atoms with E-state index in [1.165, 1.54) is 11.3 Å². The third kappa shape index (κ3) is 2.57. The van der Waals surface area contributed by atoms with Gasteiger partial charge in [-0.25, -0.2) is 0 Å². The number of aromatic nitrogens is 3. The Kier molecular flexibility index (Phi) is 3.78. The minimum absolute atomic E-state index is 0.423. The van der Waals surface area contributed by atoms with Crippen molar-refractivity contribution in [1.29, 1.82) is 0 Å². The number of hydrogen-bond acceptors (Lipinski definition) is 4. The highest BCUT2D eigenvalue weighted by atomic mass is 16.5. The Morgan fingerprint density at radius 2 is 1.83 bits per heavy atom. The van der Waals surface area contributed by atoms with Crippen LogP contribution in [0.25, 0.3) is 22.4 Å². The van der Waals surface area contributed by atoms with Crippen molar-refractivity contribution >= 4 is 0 Å². The first-order valence-corrected chi connectivity index (χ1v) is 8.14. The summed E-state index contributed by atoms with van der Waals surface area (Å²) in [5.74, 6) is 0.850. The van der Waals surface area contributed by atoms with E-state index < -0.39 is 0 Å². The fraction of sp³-hybridized carbons (Fsp3) is 0.263. The molecule has 0 saturated carbocycles. The highest BCUT2D eigenvalue weighted by molar-refractivity contribution is 5.83. The quantitative estimate of drug-likeness (QED) is 0.805. The van der Waals surface area contributed by atoms with Crippen molar-refractivity contribution < 1.29 is 4.74 Å². The predicted octanol–water partition coefficient (Wildman–Crippen LogP) is 3.11. The second-order valence-electron chi connectivity index (χ2n) is 6.10. The van der Waals surface area contributed by atoms with Crippen molar-refractivity contribution in [2.75, 3.05) is 7.11 Å².